The van der Waals surface area contributed by atoms with Crippen LogP contribution in [0.25, 0.3) is 0 Å². The fourth-order valence-corrected chi connectivity index (χ4v) is 4.46. The molecule has 3 rings (SSSR count). The molecule has 3 aromatic rings. The van der Waals surface area contributed by atoms with Crippen LogP contribution in [0.5, 0.6) is 0 Å². The summed E-state index contributed by atoms with van der Waals surface area (Å²) in [7, 11) is -4.09. The third-order valence-corrected chi connectivity index (χ3v) is 6.32. The van der Waals surface area contributed by atoms with E-state index >= 15 is 0 Å². The van der Waals surface area contributed by atoms with Gasteiger partial charge in [-0.25, -0.2) is 12.8 Å². The molecule has 0 spiro atoms. The van der Waals surface area contributed by atoms with Crippen molar-refractivity contribution in [3.8, 4) is 0 Å². The Balaban J connectivity index is 1.79. The third-order valence-electron chi connectivity index (χ3n) is 4.53. The zero-order valence-corrected chi connectivity index (χ0v) is 17.4. The number of halogens is 1. The van der Waals surface area contributed by atoms with E-state index in [0.29, 0.717) is 0 Å². The first-order valence-electron chi connectivity index (χ1n) is 9.51. The van der Waals surface area contributed by atoms with E-state index in [1.807, 2.05) is 37.3 Å². The molecule has 5 nitrogen and oxygen atoms in total. The summed E-state index contributed by atoms with van der Waals surface area (Å²) in [5.74, 6) is -0.689. The summed E-state index contributed by atoms with van der Waals surface area (Å²) in [6.07, 6.45) is -1.14. The molecule has 0 aromatic heterocycles. The molecule has 0 amide bonds. The molecule has 0 aliphatic rings. The standard InChI is InChI=1S/C23H24FNO4S/c1-18-11-13-21(14-12-18)30(27,28)25(23-10-6-5-9-22(23)24)15-20(26)17-29-16-19-7-3-2-4-8-19/h2-14,20,26H,15-17H2,1H3. The number of ether oxygens (including phenoxy) is 1. The molecule has 158 valence electrons. The third kappa shape index (κ3) is 5.44. The van der Waals surface area contributed by atoms with E-state index < -0.39 is 21.9 Å². The zero-order valence-electron chi connectivity index (χ0n) is 16.6. The van der Waals surface area contributed by atoms with Gasteiger partial charge in [-0.3, -0.25) is 4.31 Å². The molecule has 0 saturated heterocycles. The highest BCUT2D eigenvalue weighted by Gasteiger charge is 2.29. The first-order valence-corrected chi connectivity index (χ1v) is 11.0. The number of sulfonamides is 1. The molecule has 0 saturated carbocycles. The second kappa shape index (κ2) is 9.84. The fourth-order valence-electron chi connectivity index (χ4n) is 2.95. The molecule has 1 N–H and O–H groups in total. The quantitative estimate of drug-likeness (QED) is 0.560. The Hall–Kier alpha value is -2.74. The number of hydrogen-bond donors (Lipinski definition) is 1. The number of aliphatic hydroxyl groups is 1. The van der Waals surface area contributed by atoms with E-state index in [-0.39, 0.29) is 30.3 Å². The molecular formula is C23H24FNO4S. The van der Waals surface area contributed by atoms with Gasteiger partial charge in [-0.2, -0.15) is 0 Å². The SMILES string of the molecule is Cc1ccc(S(=O)(=O)N(CC(O)COCc2ccccc2)c2ccccc2F)cc1. The summed E-state index contributed by atoms with van der Waals surface area (Å²) in [4.78, 5) is 0.0220. The average molecular weight is 430 g/mol. The van der Waals surface area contributed by atoms with Gasteiger partial charge in [0.1, 0.15) is 5.82 Å². The maximum atomic E-state index is 14.5. The predicted molar refractivity (Wildman–Crippen MR) is 114 cm³/mol. The Morgan fingerprint density at radius 3 is 2.27 bits per heavy atom. The average Bonchev–Trinajstić information content (AvgIpc) is 2.74. The summed E-state index contributed by atoms with van der Waals surface area (Å²) < 4.78 is 47.3. The lowest BCUT2D eigenvalue weighted by atomic mass is 10.2. The van der Waals surface area contributed by atoms with Crippen LogP contribution >= 0.6 is 0 Å². The van der Waals surface area contributed by atoms with E-state index in [0.717, 1.165) is 15.4 Å². The van der Waals surface area contributed by atoms with Crippen LogP contribution in [0.15, 0.2) is 83.8 Å². The molecule has 0 radical (unpaired) electrons. The van der Waals surface area contributed by atoms with Crippen molar-refractivity contribution >= 4 is 15.7 Å². The van der Waals surface area contributed by atoms with Crippen LogP contribution in [0.4, 0.5) is 10.1 Å². The van der Waals surface area contributed by atoms with Crippen LogP contribution in [0.3, 0.4) is 0 Å². The molecule has 1 unspecified atom stereocenters. The summed E-state index contributed by atoms with van der Waals surface area (Å²) >= 11 is 0. The number of aliphatic hydroxyl groups excluding tert-OH is 1. The van der Waals surface area contributed by atoms with Gasteiger partial charge < -0.3 is 9.84 Å². The Bertz CT molecular complexity index is 1060. The van der Waals surface area contributed by atoms with Gasteiger partial charge in [0.05, 0.1) is 36.4 Å². The molecule has 0 aliphatic carbocycles. The second-order valence-corrected chi connectivity index (χ2v) is 8.82. The minimum atomic E-state index is -4.09. The fraction of sp³-hybridized carbons (Fsp3) is 0.217. The van der Waals surface area contributed by atoms with E-state index in [1.165, 1.54) is 30.3 Å². The van der Waals surface area contributed by atoms with E-state index in [2.05, 4.69) is 0 Å². The molecule has 0 aliphatic heterocycles. The molecular weight excluding hydrogens is 405 g/mol. The summed E-state index contributed by atoms with van der Waals surface area (Å²) in [5.41, 5.74) is 1.71. The van der Waals surface area contributed by atoms with Crippen molar-refractivity contribution in [3.63, 3.8) is 0 Å². The normalized spacial score (nSPS) is 12.5. The molecule has 0 fully saturated rings. The largest absolute Gasteiger partial charge is 0.389 e. The number of rotatable bonds is 9. The van der Waals surface area contributed by atoms with Crippen molar-refractivity contribution < 1.29 is 22.7 Å². The number of anilines is 1. The van der Waals surface area contributed by atoms with Crippen molar-refractivity contribution in [2.45, 2.75) is 24.5 Å². The van der Waals surface area contributed by atoms with Gasteiger partial charge in [0.15, 0.2) is 0 Å². The van der Waals surface area contributed by atoms with Crippen molar-refractivity contribution in [3.05, 3.63) is 95.8 Å². The smallest absolute Gasteiger partial charge is 0.264 e. The van der Waals surface area contributed by atoms with Crippen molar-refractivity contribution in [2.75, 3.05) is 17.5 Å². The monoisotopic (exact) mass is 429 g/mol. The van der Waals surface area contributed by atoms with Crippen LogP contribution in [-0.2, 0) is 21.4 Å². The Morgan fingerprint density at radius 1 is 0.967 bits per heavy atom. The number of para-hydroxylation sites is 1. The lowest BCUT2D eigenvalue weighted by molar-refractivity contribution is 0.0333. The summed E-state index contributed by atoms with van der Waals surface area (Å²) in [5, 5.41) is 10.5. The second-order valence-electron chi connectivity index (χ2n) is 6.96. The predicted octanol–water partition coefficient (Wildman–Crippen LogP) is 3.91. The molecule has 30 heavy (non-hydrogen) atoms. The Labute approximate surface area is 176 Å². The molecule has 0 bridgehead atoms. The van der Waals surface area contributed by atoms with Crippen LogP contribution in [0.1, 0.15) is 11.1 Å². The van der Waals surface area contributed by atoms with Crippen molar-refractivity contribution in [1.29, 1.82) is 0 Å². The molecule has 3 aromatic carbocycles. The minimum absolute atomic E-state index is 0.0220. The number of hydrogen-bond acceptors (Lipinski definition) is 4. The molecule has 1 atom stereocenters. The molecule has 0 heterocycles. The van der Waals surface area contributed by atoms with E-state index in [9.17, 15) is 17.9 Å². The van der Waals surface area contributed by atoms with Gasteiger partial charge in [-0.05, 0) is 36.8 Å². The maximum absolute atomic E-state index is 14.5. The summed E-state index contributed by atoms with van der Waals surface area (Å²) in [6, 6.07) is 21.3. The van der Waals surface area contributed by atoms with Crippen LogP contribution in [0.2, 0.25) is 0 Å². The van der Waals surface area contributed by atoms with Gasteiger partial charge in [0.2, 0.25) is 0 Å². The van der Waals surface area contributed by atoms with Gasteiger partial charge in [-0.1, -0.05) is 60.2 Å². The zero-order chi connectivity index (χ0) is 21.6. The van der Waals surface area contributed by atoms with Gasteiger partial charge in [-0.15, -0.1) is 0 Å². The number of nitrogens with zero attached hydrogens (tertiary/aromatic N) is 1. The molecule has 7 heteroatoms. The van der Waals surface area contributed by atoms with Crippen molar-refractivity contribution in [1.82, 2.24) is 0 Å². The summed E-state index contributed by atoms with van der Waals surface area (Å²) in [6.45, 7) is 1.69. The van der Waals surface area contributed by atoms with Gasteiger partial charge in [0.25, 0.3) is 10.0 Å². The van der Waals surface area contributed by atoms with Gasteiger partial charge >= 0.3 is 0 Å². The van der Waals surface area contributed by atoms with E-state index in [4.69, 9.17) is 4.74 Å². The Morgan fingerprint density at radius 2 is 1.60 bits per heavy atom. The Kier molecular flexibility index (Phi) is 7.20. The number of aryl methyl sites for hydroxylation is 1. The lowest BCUT2D eigenvalue weighted by Gasteiger charge is -2.27. The first-order chi connectivity index (χ1) is 14.4. The first kappa shape index (κ1) is 22.0. The van der Waals surface area contributed by atoms with Crippen LogP contribution < -0.4 is 4.31 Å². The number of benzene rings is 3. The highest BCUT2D eigenvalue weighted by molar-refractivity contribution is 7.92. The highest BCUT2D eigenvalue weighted by Crippen LogP contribution is 2.26. The maximum Gasteiger partial charge on any atom is 0.264 e. The minimum Gasteiger partial charge on any atom is -0.389 e. The van der Waals surface area contributed by atoms with Crippen LogP contribution in [-0.4, -0.2) is 32.8 Å². The lowest BCUT2D eigenvalue weighted by Crippen LogP contribution is -2.39. The highest BCUT2D eigenvalue weighted by atomic mass is 32.2. The topological polar surface area (TPSA) is 66.8 Å². The van der Waals surface area contributed by atoms with Gasteiger partial charge in [0, 0.05) is 0 Å². The van der Waals surface area contributed by atoms with E-state index in [1.54, 1.807) is 18.2 Å². The van der Waals surface area contributed by atoms with Crippen LogP contribution in [0, 0.1) is 12.7 Å². The van der Waals surface area contributed by atoms with Crippen molar-refractivity contribution in [2.24, 2.45) is 0 Å².